The highest BCUT2D eigenvalue weighted by atomic mass is 16.5. The first kappa shape index (κ1) is 13.9. The lowest BCUT2D eigenvalue weighted by molar-refractivity contribution is -0.134. The van der Waals surface area contributed by atoms with Gasteiger partial charge in [-0.25, -0.2) is 0 Å². The molecule has 1 aliphatic rings. The number of ether oxygens (including phenoxy) is 1. The number of piperidine rings is 1. The lowest BCUT2D eigenvalue weighted by atomic mass is 10.1. The van der Waals surface area contributed by atoms with Gasteiger partial charge < -0.3 is 20.7 Å². The van der Waals surface area contributed by atoms with Crippen molar-refractivity contribution in [3.8, 4) is 0 Å². The highest BCUT2D eigenvalue weighted by Crippen LogP contribution is 2.08. The zero-order chi connectivity index (χ0) is 12.7. The molecular formula is C11H21N3O3. The summed E-state index contributed by atoms with van der Waals surface area (Å²) in [5.74, 6) is -0.389. The number of likely N-dealkylation sites (tertiary alicyclic amines) is 1. The zero-order valence-electron chi connectivity index (χ0n) is 10.3. The topological polar surface area (TPSA) is 84.7 Å². The van der Waals surface area contributed by atoms with Gasteiger partial charge in [-0.3, -0.25) is 9.59 Å². The van der Waals surface area contributed by atoms with Crippen molar-refractivity contribution in [2.75, 3.05) is 33.4 Å². The Kier molecular flexibility index (Phi) is 5.93. The fourth-order valence-corrected chi connectivity index (χ4v) is 1.80. The smallest absolute Gasteiger partial charge is 0.241 e. The van der Waals surface area contributed by atoms with Crippen LogP contribution in [0.1, 0.15) is 19.3 Å². The summed E-state index contributed by atoms with van der Waals surface area (Å²) in [5.41, 5.74) is 5.53. The second kappa shape index (κ2) is 7.24. The van der Waals surface area contributed by atoms with E-state index in [9.17, 15) is 9.59 Å². The predicted molar refractivity (Wildman–Crippen MR) is 63.3 cm³/mol. The van der Waals surface area contributed by atoms with Gasteiger partial charge in [0.2, 0.25) is 11.8 Å². The monoisotopic (exact) mass is 243 g/mol. The van der Waals surface area contributed by atoms with Gasteiger partial charge in [0, 0.05) is 20.2 Å². The molecular weight excluding hydrogens is 222 g/mol. The molecule has 1 unspecified atom stereocenters. The van der Waals surface area contributed by atoms with Crippen LogP contribution in [0.15, 0.2) is 0 Å². The van der Waals surface area contributed by atoms with Crippen LogP contribution in [0.5, 0.6) is 0 Å². The second-order valence-corrected chi connectivity index (χ2v) is 4.22. The van der Waals surface area contributed by atoms with Crippen LogP contribution in [-0.2, 0) is 14.3 Å². The van der Waals surface area contributed by atoms with Crippen LogP contribution in [0.2, 0.25) is 0 Å². The van der Waals surface area contributed by atoms with E-state index in [0.29, 0.717) is 0 Å². The maximum Gasteiger partial charge on any atom is 0.241 e. The van der Waals surface area contributed by atoms with Gasteiger partial charge in [0.05, 0.1) is 13.2 Å². The molecule has 6 heteroatoms. The molecule has 2 amide bonds. The van der Waals surface area contributed by atoms with E-state index < -0.39 is 6.04 Å². The summed E-state index contributed by atoms with van der Waals surface area (Å²) in [4.78, 5) is 24.9. The van der Waals surface area contributed by atoms with Crippen molar-refractivity contribution in [1.29, 1.82) is 0 Å². The average molecular weight is 243 g/mol. The van der Waals surface area contributed by atoms with Gasteiger partial charge in [0.15, 0.2) is 0 Å². The Labute approximate surface area is 101 Å². The van der Waals surface area contributed by atoms with Gasteiger partial charge in [-0.05, 0) is 19.3 Å². The Hall–Kier alpha value is -1.14. The van der Waals surface area contributed by atoms with Gasteiger partial charge in [-0.15, -0.1) is 0 Å². The molecule has 1 aliphatic heterocycles. The Morgan fingerprint density at radius 1 is 1.35 bits per heavy atom. The normalized spacial score (nSPS) is 17.6. The van der Waals surface area contributed by atoms with Gasteiger partial charge >= 0.3 is 0 Å². The highest BCUT2D eigenvalue weighted by molar-refractivity contribution is 5.87. The molecule has 1 rings (SSSR count). The number of hydrogen-bond acceptors (Lipinski definition) is 4. The Morgan fingerprint density at radius 2 is 2.00 bits per heavy atom. The number of amides is 2. The van der Waals surface area contributed by atoms with Crippen LogP contribution in [0, 0.1) is 0 Å². The highest BCUT2D eigenvalue weighted by Gasteiger charge is 2.18. The number of nitrogens with one attached hydrogen (secondary N) is 1. The maximum atomic E-state index is 11.7. The van der Waals surface area contributed by atoms with Crippen molar-refractivity contribution >= 4 is 11.8 Å². The number of carbonyl (C=O) groups excluding carboxylic acids is 2. The number of carbonyl (C=O) groups is 2. The average Bonchev–Trinajstić information content (AvgIpc) is 2.36. The molecule has 0 aliphatic carbocycles. The molecule has 0 aromatic rings. The molecule has 1 saturated heterocycles. The van der Waals surface area contributed by atoms with Crippen LogP contribution in [0.25, 0.3) is 0 Å². The molecule has 0 spiro atoms. The van der Waals surface area contributed by atoms with E-state index in [1.54, 1.807) is 4.90 Å². The Balaban J connectivity index is 2.24. The SMILES string of the molecule is COCC(N)C(=O)NCC(=O)N1CCCCC1. The third-order valence-corrected chi connectivity index (χ3v) is 2.81. The van der Waals surface area contributed by atoms with Crippen LogP contribution in [0.3, 0.4) is 0 Å². The third kappa shape index (κ3) is 4.70. The molecule has 0 aromatic heterocycles. The minimum Gasteiger partial charge on any atom is -0.383 e. The van der Waals surface area contributed by atoms with Crippen LogP contribution in [-0.4, -0.2) is 56.1 Å². The molecule has 98 valence electrons. The molecule has 0 bridgehead atoms. The number of rotatable bonds is 5. The quantitative estimate of drug-likeness (QED) is 0.654. The van der Waals surface area contributed by atoms with Crippen LogP contribution in [0.4, 0.5) is 0 Å². The Bertz CT molecular complexity index is 265. The first-order chi connectivity index (χ1) is 8.15. The van der Waals surface area contributed by atoms with Crippen LogP contribution >= 0.6 is 0 Å². The minimum absolute atomic E-state index is 0.0241. The molecule has 1 fully saturated rings. The first-order valence-electron chi connectivity index (χ1n) is 5.95. The molecule has 6 nitrogen and oxygen atoms in total. The molecule has 1 heterocycles. The van der Waals surface area contributed by atoms with E-state index in [1.807, 2.05) is 0 Å². The third-order valence-electron chi connectivity index (χ3n) is 2.81. The van der Waals surface area contributed by atoms with E-state index >= 15 is 0 Å². The van der Waals surface area contributed by atoms with E-state index in [-0.39, 0.29) is 25.0 Å². The molecule has 0 aromatic carbocycles. The molecule has 3 N–H and O–H groups in total. The zero-order valence-corrected chi connectivity index (χ0v) is 10.3. The van der Waals surface area contributed by atoms with Gasteiger partial charge in [-0.2, -0.15) is 0 Å². The molecule has 0 saturated carbocycles. The van der Waals surface area contributed by atoms with E-state index in [2.05, 4.69) is 5.32 Å². The van der Waals surface area contributed by atoms with Crippen molar-refractivity contribution in [2.24, 2.45) is 5.73 Å². The summed E-state index contributed by atoms with van der Waals surface area (Å²) in [6.45, 7) is 1.76. The largest absolute Gasteiger partial charge is 0.383 e. The van der Waals surface area contributed by atoms with Crippen molar-refractivity contribution in [2.45, 2.75) is 25.3 Å². The van der Waals surface area contributed by atoms with Crippen molar-refractivity contribution in [3.63, 3.8) is 0 Å². The lowest BCUT2D eigenvalue weighted by Crippen LogP contribution is -2.48. The van der Waals surface area contributed by atoms with Gasteiger partial charge in [0.1, 0.15) is 6.04 Å². The van der Waals surface area contributed by atoms with Crippen LogP contribution < -0.4 is 11.1 Å². The predicted octanol–water partition coefficient (Wildman–Crippen LogP) is -0.911. The molecule has 0 radical (unpaired) electrons. The number of nitrogens with two attached hydrogens (primary N) is 1. The first-order valence-corrected chi connectivity index (χ1v) is 5.95. The second-order valence-electron chi connectivity index (χ2n) is 4.22. The van der Waals surface area contributed by atoms with Gasteiger partial charge in [-0.1, -0.05) is 0 Å². The van der Waals surface area contributed by atoms with Gasteiger partial charge in [0.25, 0.3) is 0 Å². The number of methoxy groups -OCH3 is 1. The number of nitrogens with zero attached hydrogens (tertiary/aromatic N) is 1. The summed E-state index contributed by atoms with van der Waals surface area (Å²) in [6.07, 6.45) is 3.26. The lowest BCUT2D eigenvalue weighted by Gasteiger charge is -2.26. The summed E-state index contributed by atoms with van der Waals surface area (Å²) in [6, 6.07) is -0.714. The Morgan fingerprint density at radius 3 is 2.59 bits per heavy atom. The van der Waals surface area contributed by atoms with E-state index in [4.69, 9.17) is 10.5 Å². The van der Waals surface area contributed by atoms with E-state index in [1.165, 1.54) is 13.5 Å². The minimum atomic E-state index is -0.714. The molecule has 17 heavy (non-hydrogen) atoms. The summed E-state index contributed by atoms with van der Waals surface area (Å²) in [7, 11) is 1.48. The summed E-state index contributed by atoms with van der Waals surface area (Å²) >= 11 is 0. The fourth-order valence-electron chi connectivity index (χ4n) is 1.80. The van der Waals surface area contributed by atoms with Crippen molar-refractivity contribution in [1.82, 2.24) is 10.2 Å². The maximum absolute atomic E-state index is 11.7. The summed E-state index contributed by atoms with van der Waals surface area (Å²) in [5, 5.41) is 2.53. The molecule has 1 atom stereocenters. The number of hydrogen-bond donors (Lipinski definition) is 2. The summed E-state index contributed by atoms with van der Waals surface area (Å²) < 4.78 is 4.77. The fraction of sp³-hybridized carbons (Fsp3) is 0.818. The standard InChI is InChI=1S/C11H21N3O3/c1-17-8-9(12)11(16)13-7-10(15)14-5-3-2-4-6-14/h9H,2-8,12H2,1H3,(H,13,16). The van der Waals surface area contributed by atoms with Crippen molar-refractivity contribution in [3.05, 3.63) is 0 Å². The van der Waals surface area contributed by atoms with Crippen molar-refractivity contribution < 1.29 is 14.3 Å². The van der Waals surface area contributed by atoms with E-state index in [0.717, 1.165) is 25.9 Å².